The summed E-state index contributed by atoms with van der Waals surface area (Å²) in [6.45, 7) is 0. The van der Waals surface area contributed by atoms with E-state index in [2.05, 4.69) is 31.0 Å². The lowest BCUT2D eigenvalue weighted by Crippen LogP contribution is -2.02. The molecule has 2 aromatic rings. The van der Waals surface area contributed by atoms with Gasteiger partial charge in [0.15, 0.2) is 0 Å². The van der Waals surface area contributed by atoms with Crippen molar-refractivity contribution in [3.8, 4) is 5.95 Å². The monoisotopic (exact) mass is 239 g/mol. The number of halogens is 1. The number of rotatable bonds is 1. The van der Waals surface area contributed by atoms with Crippen LogP contribution in [0, 0.1) is 0 Å². The molecule has 0 radical (unpaired) electrons. The Morgan fingerprint density at radius 1 is 1.46 bits per heavy atom. The number of anilines is 1. The van der Waals surface area contributed by atoms with Crippen molar-refractivity contribution in [3.05, 3.63) is 29.1 Å². The summed E-state index contributed by atoms with van der Waals surface area (Å²) < 4.78 is 2.42. The number of nitrogens with two attached hydrogens (primary N) is 1. The largest absolute Gasteiger partial charge is 0.384 e. The molecule has 0 aliphatic carbocycles. The Morgan fingerprint density at radius 2 is 2.31 bits per heavy atom. The van der Waals surface area contributed by atoms with Gasteiger partial charge in [-0.2, -0.15) is 10.1 Å². The number of nitrogens with zero attached hydrogens (tertiary/aromatic N) is 4. The molecule has 0 fully saturated rings. The first-order valence-electron chi connectivity index (χ1n) is 3.55. The summed E-state index contributed by atoms with van der Waals surface area (Å²) in [6.07, 6.45) is 5.01. The molecule has 0 unspecified atom stereocenters. The molecule has 0 atom stereocenters. The Hall–Kier alpha value is -1.43. The van der Waals surface area contributed by atoms with Crippen LogP contribution in [0.25, 0.3) is 5.95 Å². The Labute approximate surface area is 82.7 Å². The van der Waals surface area contributed by atoms with E-state index in [1.54, 1.807) is 29.3 Å². The third-order valence-corrected chi connectivity index (χ3v) is 1.83. The molecule has 0 aromatic carbocycles. The standard InChI is InChI=1S/C7H6BrN5/c8-5-3-11-13(4-5)7-10-2-1-6(9)12-7/h1-4H,(H2,9,10,12). The van der Waals surface area contributed by atoms with Crippen LogP contribution < -0.4 is 5.73 Å². The minimum atomic E-state index is 0.427. The molecule has 0 aliphatic rings. The normalized spacial score (nSPS) is 10.2. The highest BCUT2D eigenvalue weighted by Crippen LogP contribution is 2.09. The molecule has 0 aliphatic heterocycles. The fraction of sp³-hybridized carbons (Fsp3) is 0. The lowest BCUT2D eigenvalue weighted by atomic mass is 10.6. The fourth-order valence-electron chi connectivity index (χ4n) is 0.883. The van der Waals surface area contributed by atoms with Crippen molar-refractivity contribution in [2.75, 3.05) is 5.73 Å². The Kier molecular flexibility index (Phi) is 1.97. The molecule has 5 nitrogen and oxygen atoms in total. The fourth-order valence-corrected chi connectivity index (χ4v) is 1.17. The minimum Gasteiger partial charge on any atom is -0.384 e. The van der Waals surface area contributed by atoms with Gasteiger partial charge in [0.2, 0.25) is 0 Å². The van der Waals surface area contributed by atoms with Crippen LogP contribution in [0.3, 0.4) is 0 Å². The van der Waals surface area contributed by atoms with Gasteiger partial charge in [-0.05, 0) is 22.0 Å². The number of aromatic nitrogens is 4. The van der Waals surface area contributed by atoms with E-state index in [1.165, 1.54) is 0 Å². The van der Waals surface area contributed by atoms with Gasteiger partial charge in [0.25, 0.3) is 5.95 Å². The summed E-state index contributed by atoms with van der Waals surface area (Å²) in [5, 5.41) is 4.02. The molecule has 2 aromatic heterocycles. The third-order valence-electron chi connectivity index (χ3n) is 1.42. The molecular formula is C7H6BrN5. The SMILES string of the molecule is Nc1ccnc(-n2cc(Br)cn2)n1. The molecule has 66 valence electrons. The van der Waals surface area contributed by atoms with Crippen LogP contribution in [0.5, 0.6) is 0 Å². The number of nitrogen functional groups attached to an aromatic ring is 1. The second-order valence-corrected chi connectivity index (χ2v) is 3.30. The van der Waals surface area contributed by atoms with Crippen molar-refractivity contribution < 1.29 is 0 Å². The van der Waals surface area contributed by atoms with Gasteiger partial charge < -0.3 is 5.73 Å². The van der Waals surface area contributed by atoms with Gasteiger partial charge in [-0.15, -0.1) is 0 Å². The summed E-state index contributed by atoms with van der Waals surface area (Å²) in [6, 6.07) is 1.63. The number of hydrogen-bond donors (Lipinski definition) is 1. The molecule has 0 amide bonds. The maximum Gasteiger partial charge on any atom is 0.252 e. The Balaban J connectivity index is 2.46. The highest BCUT2D eigenvalue weighted by molar-refractivity contribution is 9.10. The van der Waals surface area contributed by atoms with Crippen molar-refractivity contribution >= 4 is 21.7 Å². The molecule has 2 heterocycles. The number of hydrogen-bond acceptors (Lipinski definition) is 4. The van der Waals surface area contributed by atoms with E-state index in [1.807, 2.05) is 0 Å². The van der Waals surface area contributed by atoms with Crippen LogP contribution >= 0.6 is 15.9 Å². The third kappa shape index (κ3) is 1.67. The summed E-state index contributed by atoms with van der Waals surface area (Å²) in [5.41, 5.74) is 5.50. The van der Waals surface area contributed by atoms with Gasteiger partial charge in [-0.1, -0.05) is 0 Å². The van der Waals surface area contributed by atoms with E-state index in [0.717, 1.165) is 4.47 Å². The molecule has 13 heavy (non-hydrogen) atoms. The van der Waals surface area contributed by atoms with E-state index in [0.29, 0.717) is 11.8 Å². The van der Waals surface area contributed by atoms with Gasteiger partial charge in [0, 0.05) is 12.4 Å². The van der Waals surface area contributed by atoms with Crippen LogP contribution in [-0.4, -0.2) is 19.7 Å². The van der Waals surface area contributed by atoms with E-state index in [-0.39, 0.29) is 0 Å². The highest BCUT2D eigenvalue weighted by atomic mass is 79.9. The van der Waals surface area contributed by atoms with Gasteiger partial charge in [0.1, 0.15) is 5.82 Å². The molecule has 0 spiro atoms. The van der Waals surface area contributed by atoms with Crippen molar-refractivity contribution in [1.82, 2.24) is 19.7 Å². The van der Waals surface area contributed by atoms with Crippen LogP contribution in [0.4, 0.5) is 5.82 Å². The van der Waals surface area contributed by atoms with Crippen LogP contribution in [0.15, 0.2) is 29.1 Å². The first-order chi connectivity index (χ1) is 6.25. The van der Waals surface area contributed by atoms with Gasteiger partial charge in [-0.3, -0.25) is 0 Å². The predicted octanol–water partition coefficient (Wildman–Crippen LogP) is 1.01. The average Bonchev–Trinajstić information content (AvgIpc) is 2.52. The van der Waals surface area contributed by atoms with Crippen molar-refractivity contribution in [2.24, 2.45) is 0 Å². The molecule has 2 rings (SSSR count). The second kappa shape index (κ2) is 3.14. The van der Waals surface area contributed by atoms with E-state index in [9.17, 15) is 0 Å². The highest BCUT2D eigenvalue weighted by Gasteiger charge is 2.01. The minimum absolute atomic E-state index is 0.427. The Morgan fingerprint density at radius 3 is 2.92 bits per heavy atom. The molecule has 0 saturated heterocycles. The van der Waals surface area contributed by atoms with Gasteiger partial charge in [-0.25, -0.2) is 9.67 Å². The van der Waals surface area contributed by atoms with E-state index in [4.69, 9.17) is 5.73 Å². The lowest BCUT2D eigenvalue weighted by molar-refractivity contribution is 0.810. The Bertz CT molecular complexity index is 424. The van der Waals surface area contributed by atoms with E-state index >= 15 is 0 Å². The van der Waals surface area contributed by atoms with Crippen molar-refractivity contribution in [2.45, 2.75) is 0 Å². The maximum absolute atomic E-state index is 5.50. The zero-order chi connectivity index (χ0) is 9.26. The topological polar surface area (TPSA) is 69.6 Å². The molecule has 0 bridgehead atoms. The predicted molar refractivity (Wildman–Crippen MR) is 51.3 cm³/mol. The summed E-state index contributed by atoms with van der Waals surface area (Å²) in [4.78, 5) is 8.01. The van der Waals surface area contributed by atoms with Crippen molar-refractivity contribution in [1.29, 1.82) is 0 Å². The lowest BCUT2D eigenvalue weighted by Gasteiger charge is -1.98. The summed E-state index contributed by atoms with van der Waals surface area (Å²) >= 11 is 3.28. The van der Waals surface area contributed by atoms with Crippen LogP contribution in [0.1, 0.15) is 0 Å². The zero-order valence-electron chi connectivity index (χ0n) is 6.55. The molecule has 0 saturated carbocycles. The maximum atomic E-state index is 5.50. The average molecular weight is 240 g/mol. The molecular weight excluding hydrogens is 234 g/mol. The second-order valence-electron chi connectivity index (χ2n) is 2.38. The molecule has 6 heteroatoms. The smallest absolute Gasteiger partial charge is 0.252 e. The van der Waals surface area contributed by atoms with E-state index < -0.39 is 0 Å². The summed E-state index contributed by atoms with van der Waals surface area (Å²) in [5.74, 6) is 0.891. The quantitative estimate of drug-likeness (QED) is 0.807. The summed E-state index contributed by atoms with van der Waals surface area (Å²) in [7, 11) is 0. The zero-order valence-corrected chi connectivity index (χ0v) is 8.14. The van der Waals surface area contributed by atoms with Gasteiger partial charge in [0.05, 0.1) is 10.7 Å². The van der Waals surface area contributed by atoms with Crippen LogP contribution in [-0.2, 0) is 0 Å². The first kappa shape index (κ1) is 8.18. The first-order valence-corrected chi connectivity index (χ1v) is 4.34. The molecule has 2 N–H and O–H groups in total. The van der Waals surface area contributed by atoms with Gasteiger partial charge >= 0.3 is 0 Å². The van der Waals surface area contributed by atoms with Crippen LogP contribution in [0.2, 0.25) is 0 Å². The van der Waals surface area contributed by atoms with Crippen molar-refractivity contribution in [3.63, 3.8) is 0 Å².